The minimum atomic E-state index is 0.807. The summed E-state index contributed by atoms with van der Waals surface area (Å²) in [6.07, 6.45) is 2.44. The third-order valence-electron chi connectivity index (χ3n) is 4.66. The molecule has 0 fully saturated rings. The van der Waals surface area contributed by atoms with Gasteiger partial charge in [-0.05, 0) is 43.1 Å². The van der Waals surface area contributed by atoms with Crippen LogP contribution in [0.25, 0.3) is 10.9 Å². The largest absolute Gasteiger partial charge is 0.340 e. The minimum absolute atomic E-state index is 0.807. The maximum absolute atomic E-state index is 6.38. The molecule has 1 aromatic heterocycles. The number of fused-ring (bicyclic) bond motifs is 1. The van der Waals surface area contributed by atoms with E-state index in [4.69, 9.17) is 11.6 Å². The van der Waals surface area contributed by atoms with Crippen LogP contribution < -0.4 is 5.32 Å². The average Bonchev–Trinajstić information content (AvgIpc) is 2.86. The van der Waals surface area contributed by atoms with Gasteiger partial charge in [-0.1, -0.05) is 61.3 Å². The van der Waals surface area contributed by atoms with Crippen LogP contribution in [0.4, 0.5) is 0 Å². The van der Waals surface area contributed by atoms with Gasteiger partial charge >= 0.3 is 0 Å². The van der Waals surface area contributed by atoms with Gasteiger partial charge in [0.25, 0.3) is 0 Å². The Hall–Kier alpha value is -1.77. The van der Waals surface area contributed by atoms with Crippen LogP contribution in [0, 0.1) is 6.92 Å². The van der Waals surface area contributed by atoms with Crippen molar-refractivity contribution in [2.75, 3.05) is 6.54 Å². The highest BCUT2D eigenvalue weighted by Gasteiger charge is 2.14. The third kappa shape index (κ3) is 3.50. The molecule has 0 aliphatic rings. The van der Waals surface area contributed by atoms with Crippen LogP contribution in [0.2, 0.25) is 5.02 Å². The Morgan fingerprint density at radius 2 is 1.79 bits per heavy atom. The van der Waals surface area contributed by atoms with Crippen LogP contribution in [0.1, 0.15) is 36.6 Å². The zero-order valence-electron chi connectivity index (χ0n) is 14.5. The maximum Gasteiger partial charge on any atom is 0.0493 e. The van der Waals surface area contributed by atoms with E-state index in [-0.39, 0.29) is 0 Å². The van der Waals surface area contributed by atoms with Crippen molar-refractivity contribution in [1.82, 2.24) is 9.88 Å². The Balaban J connectivity index is 1.96. The molecule has 0 amide bonds. The SMILES string of the molecule is CCCCNCc1c(C)n(Cc2ccccc2Cl)c2ccccc12. The molecule has 126 valence electrons. The Bertz CT molecular complexity index is 820. The summed E-state index contributed by atoms with van der Waals surface area (Å²) >= 11 is 6.38. The van der Waals surface area contributed by atoms with Gasteiger partial charge < -0.3 is 9.88 Å². The number of benzene rings is 2. The van der Waals surface area contributed by atoms with Gasteiger partial charge in [0, 0.05) is 34.7 Å². The van der Waals surface area contributed by atoms with E-state index < -0.39 is 0 Å². The summed E-state index contributed by atoms with van der Waals surface area (Å²) < 4.78 is 2.38. The van der Waals surface area contributed by atoms with Crippen molar-refractivity contribution in [3.63, 3.8) is 0 Å². The molecule has 0 saturated heterocycles. The van der Waals surface area contributed by atoms with Crippen LogP contribution in [0.5, 0.6) is 0 Å². The molecule has 0 bridgehead atoms. The first kappa shape index (κ1) is 17.1. The van der Waals surface area contributed by atoms with Gasteiger partial charge in [0.15, 0.2) is 0 Å². The molecule has 0 unspecified atom stereocenters. The van der Waals surface area contributed by atoms with Crippen LogP contribution in [-0.4, -0.2) is 11.1 Å². The van der Waals surface area contributed by atoms with E-state index in [1.54, 1.807) is 0 Å². The Labute approximate surface area is 149 Å². The summed E-state index contributed by atoms with van der Waals surface area (Å²) in [5.41, 5.74) is 5.16. The first-order chi connectivity index (χ1) is 11.7. The number of halogens is 1. The fraction of sp³-hybridized carbons (Fsp3) is 0.333. The van der Waals surface area contributed by atoms with Gasteiger partial charge in [0.05, 0.1) is 0 Å². The normalized spacial score (nSPS) is 11.3. The van der Waals surface area contributed by atoms with Gasteiger partial charge in [0.2, 0.25) is 0 Å². The number of rotatable bonds is 7. The molecule has 0 aliphatic carbocycles. The highest BCUT2D eigenvalue weighted by atomic mass is 35.5. The van der Waals surface area contributed by atoms with E-state index in [9.17, 15) is 0 Å². The second kappa shape index (κ2) is 7.87. The standard InChI is InChI=1S/C21H25ClN2/c1-3-4-13-23-14-19-16(2)24(21-12-8-6-10-18(19)21)15-17-9-5-7-11-20(17)22/h5-12,23H,3-4,13-15H2,1-2H3. The number of aromatic nitrogens is 1. The molecule has 0 aliphatic heterocycles. The third-order valence-corrected chi connectivity index (χ3v) is 5.03. The summed E-state index contributed by atoms with van der Waals surface area (Å²) in [6.45, 7) is 7.24. The van der Waals surface area contributed by atoms with Gasteiger partial charge in [0.1, 0.15) is 0 Å². The molecule has 3 rings (SSSR count). The smallest absolute Gasteiger partial charge is 0.0493 e. The van der Waals surface area contributed by atoms with Gasteiger partial charge in [-0.2, -0.15) is 0 Å². The van der Waals surface area contributed by atoms with Crippen molar-refractivity contribution in [3.8, 4) is 0 Å². The van der Waals surface area contributed by atoms with Gasteiger partial charge in [-0.3, -0.25) is 0 Å². The molecule has 1 heterocycles. The molecule has 3 heteroatoms. The first-order valence-electron chi connectivity index (χ1n) is 8.73. The maximum atomic E-state index is 6.38. The summed E-state index contributed by atoms with van der Waals surface area (Å²) in [4.78, 5) is 0. The molecule has 3 aromatic rings. The van der Waals surface area contributed by atoms with Crippen LogP contribution in [0.3, 0.4) is 0 Å². The zero-order valence-corrected chi connectivity index (χ0v) is 15.2. The van der Waals surface area contributed by atoms with Crippen molar-refractivity contribution in [3.05, 3.63) is 70.4 Å². The average molecular weight is 341 g/mol. The lowest BCUT2D eigenvalue weighted by Crippen LogP contribution is -2.15. The summed E-state index contributed by atoms with van der Waals surface area (Å²) in [6, 6.07) is 16.8. The van der Waals surface area contributed by atoms with E-state index in [0.29, 0.717) is 0 Å². The van der Waals surface area contributed by atoms with E-state index in [1.165, 1.54) is 35.0 Å². The lowest BCUT2D eigenvalue weighted by Gasteiger charge is -2.11. The number of unbranched alkanes of at least 4 members (excludes halogenated alkanes) is 1. The first-order valence-corrected chi connectivity index (χ1v) is 9.11. The molecule has 1 N–H and O–H groups in total. The van der Waals surface area contributed by atoms with Crippen LogP contribution in [0.15, 0.2) is 48.5 Å². The van der Waals surface area contributed by atoms with E-state index >= 15 is 0 Å². The Kier molecular flexibility index (Phi) is 5.60. The highest BCUT2D eigenvalue weighted by Crippen LogP contribution is 2.28. The molecule has 2 aromatic carbocycles. The van der Waals surface area contributed by atoms with E-state index in [1.807, 2.05) is 12.1 Å². The predicted molar refractivity (Wildman–Crippen MR) is 104 cm³/mol. The van der Waals surface area contributed by atoms with Gasteiger partial charge in [-0.15, -0.1) is 0 Å². The topological polar surface area (TPSA) is 17.0 Å². The number of hydrogen-bond donors (Lipinski definition) is 1. The molecule has 24 heavy (non-hydrogen) atoms. The number of nitrogens with zero attached hydrogens (tertiary/aromatic N) is 1. The van der Waals surface area contributed by atoms with Crippen molar-refractivity contribution >= 4 is 22.5 Å². The van der Waals surface area contributed by atoms with Crippen molar-refractivity contribution < 1.29 is 0 Å². The molecule has 0 atom stereocenters. The van der Waals surface area contributed by atoms with Crippen molar-refractivity contribution in [2.45, 2.75) is 39.8 Å². The molecule has 0 saturated carbocycles. The monoisotopic (exact) mass is 340 g/mol. The zero-order chi connectivity index (χ0) is 16.9. The fourth-order valence-corrected chi connectivity index (χ4v) is 3.44. The second-order valence-corrected chi connectivity index (χ2v) is 6.70. The molecule has 0 spiro atoms. The van der Waals surface area contributed by atoms with E-state index in [0.717, 1.165) is 30.2 Å². The Morgan fingerprint density at radius 1 is 1.04 bits per heavy atom. The lowest BCUT2D eigenvalue weighted by molar-refractivity contribution is 0.638. The van der Waals surface area contributed by atoms with Crippen LogP contribution >= 0.6 is 11.6 Å². The minimum Gasteiger partial charge on any atom is -0.340 e. The molecule has 0 radical (unpaired) electrons. The number of hydrogen-bond acceptors (Lipinski definition) is 1. The molecular weight excluding hydrogens is 316 g/mol. The van der Waals surface area contributed by atoms with Crippen molar-refractivity contribution in [1.29, 1.82) is 0 Å². The number of nitrogens with one attached hydrogen (secondary N) is 1. The van der Waals surface area contributed by atoms with Gasteiger partial charge in [-0.25, -0.2) is 0 Å². The summed E-state index contributed by atoms with van der Waals surface area (Å²) in [5, 5.41) is 5.75. The summed E-state index contributed by atoms with van der Waals surface area (Å²) in [7, 11) is 0. The predicted octanol–water partition coefficient (Wildman–Crippen LogP) is 5.54. The molecule has 2 nitrogen and oxygen atoms in total. The summed E-state index contributed by atoms with van der Waals surface area (Å²) in [5.74, 6) is 0. The van der Waals surface area contributed by atoms with Crippen LogP contribution in [-0.2, 0) is 13.1 Å². The lowest BCUT2D eigenvalue weighted by atomic mass is 10.1. The second-order valence-electron chi connectivity index (χ2n) is 6.29. The fourth-order valence-electron chi connectivity index (χ4n) is 3.24. The Morgan fingerprint density at radius 3 is 2.58 bits per heavy atom. The number of para-hydroxylation sites is 1. The van der Waals surface area contributed by atoms with Crippen molar-refractivity contribution in [2.24, 2.45) is 0 Å². The highest BCUT2D eigenvalue weighted by molar-refractivity contribution is 6.31. The van der Waals surface area contributed by atoms with E-state index in [2.05, 4.69) is 60.1 Å². The quantitative estimate of drug-likeness (QED) is 0.559. The molecular formula is C21H25ClN2.